The lowest BCUT2D eigenvalue weighted by atomic mass is 10.1. The lowest BCUT2D eigenvalue weighted by molar-refractivity contribution is 0.842. The standard InChI is InChI=1S/C8H9N3/c1-6(2)7-4-10-8(3-9)11-5-7/h4-6H,1-2H3. The summed E-state index contributed by atoms with van der Waals surface area (Å²) < 4.78 is 0. The fourth-order valence-corrected chi connectivity index (χ4v) is 0.694. The SMILES string of the molecule is CC(C)c1cnc(C#N)nc1. The van der Waals surface area contributed by atoms with E-state index in [9.17, 15) is 0 Å². The fraction of sp³-hybridized carbons (Fsp3) is 0.375. The van der Waals surface area contributed by atoms with Crippen molar-refractivity contribution in [1.82, 2.24) is 9.97 Å². The summed E-state index contributed by atoms with van der Waals surface area (Å²) >= 11 is 0. The van der Waals surface area contributed by atoms with Gasteiger partial charge in [0.25, 0.3) is 0 Å². The van der Waals surface area contributed by atoms with Gasteiger partial charge in [0.2, 0.25) is 5.82 Å². The maximum Gasteiger partial charge on any atom is 0.232 e. The van der Waals surface area contributed by atoms with E-state index < -0.39 is 0 Å². The van der Waals surface area contributed by atoms with Gasteiger partial charge in [-0.3, -0.25) is 0 Å². The molecule has 0 spiro atoms. The molecule has 0 saturated carbocycles. The molecular formula is C8H9N3. The van der Waals surface area contributed by atoms with E-state index in [4.69, 9.17) is 5.26 Å². The Bertz CT molecular complexity index is 268. The molecule has 0 radical (unpaired) electrons. The topological polar surface area (TPSA) is 49.6 Å². The van der Waals surface area contributed by atoms with Crippen LogP contribution < -0.4 is 0 Å². The molecule has 3 heteroatoms. The Labute approximate surface area is 65.7 Å². The molecule has 3 nitrogen and oxygen atoms in total. The van der Waals surface area contributed by atoms with E-state index in [1.807, 2.05) is 6.07 Å². The maximum atomic E-state index is 8.39. The van der Waals surface area contributed by atoms with Crippen molar-refractivity contribution in [3.8, 4) is 6.07 Å². The average Bonchev–Trinajstić information content (AvgIpc) is 2.05. The van der Waals surface area contributed by atoms with Crippen LogP contribution in [0.2, 0.25) is 0 Å². The molecule has 0 atom stereocenters. The van der Waals surface area contributed by atoms with Crippen molar-refractivity contribution >= 4 is 0 Å². The van der Waals surface area contributed by atoms with Crippen LogP contribution in [0.3, 0.4) is 0 Å². The van der Waals surface area contributed by atoms with Crippen LogP contribution in [0.15, 0.2) is 12.4 Å². The number of aromatic nitrogens is 2. The Balaban J connectivity index is 2.94. The van der Waals surface area contributed by atoms with Crippen molar-refractivity contribution < 1.29 is 0 Å². The molecule has 11 heavy (non-hydrogen) atoms. The van der Waals surface area contributed by atoms with Crippen molar-refractivity contribution in [2.45, 2.75) is 19.8 Å². The van der Waals surface area contributed by atoms with Crippen molar-refractivity contribution in [1.29, 1.82) is 5.26 Å². The summed E-state index contributed by atoms with van der Waals surface area (Å²) in [5.74, 6) is 0.650. The molecule has 56 valence electrons. The molecule has 0 aliphatic rings. The van der Waals surface area contributed by atoms with Crippen molar-refractivity contribution in [2.75, 3.05) is 0 Å². The zero-order chi connectivity index (χ0) is 8.27. The molecule has 0 N–H and O–H groups in total. The second kappa shape index (κ2) is 3.11. The molecule has 1 aromatic rings. The van der Waals surface area contributed by atoms with E-state index in [0.717, 1.165) is 5.56 Å². The zero-order valence-electron chi connectivity index (χ0n) is 6.57. The summed E-state index contributed by atoms with van der Waals surface area (Å²) in [6, 6.07) is 1.87. The summed E-state index contributed by atoms with van der Waals surface area (Å²) in [6.07, 6.45) is 3.38. The molecule has 0 aromatic carbocycles. The van der Waals surface area contributed by atoms with Crippen molar-refractivity contribution in [3.63, 3.8) is 0 Å². The normalized spacial score (nSPS) is 9.64. The molecule has 0 aliphatic heterocycles. The highest BCUT2D eigenvalue weighted by Crippen LogP contribution is 2.10. The van der Waals surface area contributed by atoms with Crippen LogP contribution in [-0.4, -0.2) is 9.97 Å². The third-order valence-electron chi connectivity index (χ3n) is 1.44. The highest BCUT2D eigenvalue weighted by atomic mass is 14.9. The summed E-state index contributed by atoms with van der Waals surface area (Å²) in [7, 11) is 0. The number of hydrogen-bond acceptors (Lipinski definition) is 3. The molecule has 1 aromatic heterocycles. The Kier molecular flexibility index (Phi) is 2.17. The van der Waals surface area contributed by atoms with E-state index in [1.54, 1.807) is 12.4 Å². The summed E-state index contributed by atoms with van der Waals surface area (Å²) in [6.45, 7) is 4.12. The van der Waals surface area contributed by atoms with Gasteiger partial charge >= 0.3 is 0 Å². The minimum atomic E-state index is 0.231. The molecular weight excluding hydrogens is 138 g/mol. The van der Waals surface area contributed by atoms with E-state index in [2.05, 4.69) is 23.8 Å². The van der Waals surface area contributed by atoms with E-state index in [1.165, 1.54) is 0 Å². The Hall–Kier alpha value is -1.43. The lowest BCUT2D eigenvalue weighted by Gasteiger charge is -2.01. The smallest absolute Gasteiger partial charge is 0.227 e. The van der Waals surface area contributed by atoms with Crippen LogP contribution in [0.1, 0.15) is 31.2 Å². The predicted molar refractivity (Wildman–Crippen MR) is 40.8 cm³/mol. The van der Waals surface area contributed by atoms with Crippen molar-refractivity contribution in [2.24, 2.45) is 0 Å². The zero-order valence-corrected chi connectivity index (χ0v) is 6.57. The highest BCUT2D eigenvalue weighted by molar-refractivity contribution is 5.15. The number of nitrogens with zero attached hydrogens (tertiary/aromatic N) is 3. The molecule has 0 bridgehead atoms. The van der Waals surface area contributed by atoms with Crippen LogP contribution in [0, 0.1) is 11.3 Å². The maximum absolute atomic E-state index is 8.39. The number of rotatable bonds is 1. The Morgan fingerprint density at radius 3 is 2.27 bits per heavy atom. The summed E-state index contributed by atoms with van der Waals surface area (Å²) in [5.41, 5.74) is 1.06. The first kappa shape index (κ1) is 7.67. The van der Waals surface area contributed by atoms with Crippen molar-refractivity contribution in [3.05, 3.63) is 23.8 Å². The molecule has 1 heterocycles. The van der Waals surface area contributed by atoms with E-state index >= 15 is 0 Å². The van der Waals surface area contributed by atoms with E-state index in [0.29, 0.717) is 5.92 Å². The predicted octanol–water partition coefficient (Wildman–Crippen LogP) is 1.47. The molecule has 0 fully saturated rings. The van der Waals surface area contributed by atoms with Gasteiger partial charge in [-0.1, -0.05) is 13.8 Å². The van der Waals surface area contributed by atoms with Gasteiger partial charge in [-0.05, 0) is 11.5 Å². The average molecular weight is 147 g/mol. The van der Waals surface area contributed by atoms with Crippen LogP contribution in [0.5, 0.6) is 0 Å². The van der Waals surface area contributed by atoms with Crippen LogP contribution >= 0.6 is 0 Å². The van der Waals surface area contributed by atoms with Gasteiger partial charge in [-0.25, -0.2) is 9.97 Å². The Morgan fingerprint density at radius 1 is 1.36 bits per heavy atom. The van der Waals surface area contributed by atoms with Gasteiger partial charge in [0.05, 0.1) is 0 Å². The number of nitriles is 1. The van der Waals surface area contributed by atoms with Gasteiger partial charge in [-0.15, -0.1) is 0 Å². The van der Waals surface area contributed by atoms with Gasteiger partial charge in [-0.2, -0.15) is 5.26 Å². The second-order valence-electron chi connectivity index (χ2n) is 2.61. The monoisotopic (exact) mass is 147 g/mol. The minimum Gasteiger partial charge on any atom is -0.227 e. The van der Waals surface area contributed by atoms with Gasteiger partial charge in [0.15, 0.2) is 0 Å². The summed E-state index contributed by atoms with van der Waals surface area (Å²) in [4.78, 5) is 7.69. The lowest BCUT2D eigenvalue weighted by Crippen LogP contribution is -1.93. The molecule has 0 saturated heterocycles. The van der Waals surface area contributed by atoms with Gasteiger partial charge in [0.1, 0.15) is 6.07 Å². The molecule has 0 amide bonds. The van der Waals surface area contributed by atoms with Crippen LogP contribution in [0.25, 0.3) is 0 Å². The largest absolute Gasteiger partial charge is 0.232 e. The minimum absolute atomic E-state index is 0.231. The third-order valence-corrected chi connectivity index (χ3v) is 1.44. The highest BCUT2D eigenvalue weighted by Gasteiger charge is 1.99. The fourth-order valence-electron chi connectivity index (χ4n) is 0.694. The van der Waals surface area contributed by atoms with E-state index in [-0.39, 0.29) is 5.82 Å². The first-order valence-corrected chi connectivity index (χ1v) is 3.46. The Morgan fingerprint density at radius 2 is 1.91 bits per heavy atom. The van der Waals surface area contributed by atoms with Gasteiger partial charge in [0, 0.05) is 12.4 Å². The first-order chi connectivity index (χ1) is 5.24. The first-order valence-electron chi connectivity index (χ1n) is 3.46. The summed E-state index contributed by atoms with van der Waals surface area (Å²) in [5, 5.41) is 8.39. The quantitative estimate of drug-likeness (QED) is 0.604. The molecule has 0 aliphatic carbocycles. The van der Waals surface area contributed by atoms with Crippen LogP contribution in [0.4, 0.5) is 0 Å². The number of hydrogen-bond donors (Lipinski definition) is 0. The second-order valence-corrected chi connectivity index (χ2v) is 2.61. The van der Waals surface area contributed by atoms with Crippen LogP contribution in [-0.2, 0) is 0 Å². The third kappa shape index (κ3) is 1.74. The molecule has 0 unspecified atom stereocenters. The molecule has 1 rings (SSSR count). The van der Waals surface area contributed by atoms with Gasteiger partial charge < -0.3 is 0 Å².